The Kier molecular flexibility index (Phi) is 5.42. The van der Waals surface area contributed by atoms with E-state index in [-0.39, 0.29) is 5.54 Å². The maximum atomic E-state index is 6.15. The predicted molar refractivity (Wildman–Crippen MR) is 68.5 cm³/mol. The number of nitrogens with one attached hydrogen (secondary N) is 1. The van der Waals surface area contributed by atoms with Crippen molar-refractivity contribution in [1.29, 1.82) is 0 Å². The first kappa shape index (κ1) is 13.3. The van der Waals surface area contributed by atoms with Crippen molar-refractivity contribution in [2.24, 2.45) is 11.8 Å². The van der Waals surface area contributed by atoms with E-state index in [0.29, 0.717) is 0 Å². The fourth-order valence-corrected chi connectivity index (χ4v) is 2.57. The minimum atomic E-state index is 0.248. The van der Waals surface area contributed by atoms with Crippen LogP contribution in [0.4, 0.5) is 0 Å². The third-order valence-electron chi connectivity index (χ3n) is 4.01. The predicted octanol–water partition coefficient (Wildman–Crippen LogP) is 3.81. The molecule has 0 aromatic carbocycles. The number of hydrogen-bond acceptors (Lipinski definition) is 1. The Bertz CT molecular complexity index is 173. The van der Waals surface area contributed by atoms with Crippen LogP contribution in [0.3, 0.4) is 0 Å². The van der Waals surface area contributed by atoms with Crippen LogP contribution in [0, 0.1) is 11.8 Å². The lowest BCUT2D eigenvalue weighted by atomic mass is 9.78. The molecular formula is C13H26ClN. The molecule has 15 heavy (non-hydrogen) atoms. The Balaban J connectivity index is 2.39. The van der Waals surface area contributed by atoms with E-state index in [1.807, 2.05) is 0 Å². The maximum absolute atomic E-state index is 6.15. The molecule has 0 bridgehead atoms. The molecule has 0 aromatic heterocycles. The van der Waals surface area contributed by atoms with Crippen LogP contribution >= 0.6 is 11.6 Å². The van der Waals surface area contributed by atoms with E-state index < -0.39 is 0 Å². The van der Waals surface area contributed by atoms with Gasteiger partial charge in [0.1, 0.15) is 0 Å². The van der Waals surface area contributed by atoms with Crippen LogP contribution in [0.5, 0.6) is 0 Å². The summed E-state index contributed by atoms with van der Waals surface area (Å²) < 4.78 is 0. The second-order valence-electron chi connectivity index (χ2n) is 5.49. The lowest BCUT2D eigenvalue weighted by Crippen LogP contribution is -2.50. The van der Waals surface area contributed by atoms with Gasteiger partial charge in [-0.1, -0.05) is 27.2 Å². The van der Waals surface area contributed by atoms with E-state index in [2.05, 4.69) is 26.1 Å². The SMILES string of the molecule is CCC(C)CNC1(CCl)CCC(C)CC1. The van der Waals surface area contributed by atoms with Gasteiger partial charge in [0, 0.05) is 11.4 Å². The largest absolute Gasteiger partial charge is 0.310 e. The molecule has 0 spiro atoms. The van der Waals surface area contributed by atoms with E-state index in [4.69, 9.17) is 11.6 Å². The van der Waals surface area contributed by atoms with Gasteiger partial charge in [0.15, 0.2) is 0 Å². The monoisotopic (exact) mass is 231 g/mol. The highest BCUT2D eigenvalue weighted by Crippen LogP contribution is 2.32. The fraction of sp³-hybridized carbons (Fsp3) is 1.00. The summed E-state index contributed by atoms with van der Waals surface area (Å²) in [5.74, 6) is 2.44. The van der Waals surface area contributed by atoms with Crippen molar-refractivity contribution in [1.82, 2.24) is 5.32 Å². The van der Waals surface area contributed by atoms with Gasteiger partial charge in [-0.3, -0.25) is 0 Å². The lowest BCUT2D eigenvalue weighted by molar-refractivity contribution is 0.209. The second-order valence-corrected chi connectivity index (χ2v) is 5.76. The Hall–Kier alpha value is 0.250. The van der Waals surface area contributed by atoms with Crippen LogP contribution in [0.1, 0.15) is 52.9 Å². The molecule has 1 atom stereocenters. The standard InChI is InChI=1S/C13H26ClN/c1-4-11(2)9-15-13(10-14)7-5-12(3)6-8-13/h11-12,15H,4-10H2,1-3H3. The van der Waals surface area contributed by atoms with Gasteiger partial charge in [-0.25, -0.2) is 0 Å². The highest BCUT2D eigenvalue weighted by Gasteiger charge is 2.32. The minimum absolute atomic E-state index is 0.248. The first-order valence-electron chi connectivity index (χ1n) is 6.43. The molecule has 1 rings (SSSR count). The van der Waals surface area contributed by atoms with Gasteiger partial charge < -0.3 is 5.32 Å². The molecule has 0 amide bonds. The van der Waals surface area contributed by atoms with E-state index in [1.54, 1.807) is 0 Å². The summed E-state index contributed by atoms with van der Waals surface area (Å²) in [6.45, 7) is 8.04. The molecule has 1 fully saturated rings. The smallest absolute Gasteiger partial charge is 0.0406 e. The van der Waals surface area contributed by atoms with Crippen LogP contribution in [-0.2, 0) is 0 Å². The summed E-state index contributed by atoms with van der Waals surface area (Å²) in [6, 6.07) is 0. The summed E-state index contributed by atoms with van der Waals surface area (Å²) in [4.78, 5) is 0. The van der Waals surface area contributed by atoms with Crippen LogP contribution < -0.4 is 5.32 Å². The van der Waals surface area contributed by atoms with Crippen LogP contribution in [0.15, 0.2) is 0 Å². The summed E-state index contributed by atoms with van der Waals surface area (Å²) in [5.41, 5.74) is 0.248. The molecule has 0 aliphatic heterocycles. The van der Waals surface area contributed by atoms with Crippen LogP contribution in [-0.4, -0.2) is 18.0 Å². The quantitative estimate of drug-likeness (QED) is 0.710. The molecule has 1 N–H and O–H groups in total. The number of halogens is 1. The van der Waals surface area contributed by atoms with E-state index >= 15 is 0 Å². The van der Waals surface area contributed by atoms with Gasteiger partial charge in [0.2, 0.25) is 0 Å². The molecule has 0 saturated heterocycles. The molecule has 90 valence electrons. The first-order valence-corrected chi connectivity index (χ1v) is 6.96. The average Bonchev–Trinajstić information content (AvgIpc) is 2.28. The minimum Gasteiger partial charge on any atom is -0.310 e. The fourth-order valence-electron chi connectivity index (χ4n) is 2.21. The summed E-state index contributed by atoms with van der Waals surface area (Å²) in [5, 5.41) is 3.72. The zero-order chi connectivity index (χ0) is 11.3. The van der Waals surface area contributed by atoms with Crippen LogP contribution in [0.2, 0.25) is 0 Å². The van der Waals surface area contributed by atoms with E-state index in [0.717, 1.165) is 24.3 Å². The molecule has 0 radical (unpaired) electrons. The third-order valence-corrected chi connectivity index (χ3v) is 4.52. The normalized spacial score (nSPS) is 34.0. The Morgan fingerprint density at radius 3 is 2.47 bits per heavy atom. The highest BCUT2D eigenvalue weighted by molar-refractivity contribution is 6.18. The van der Waals surface area contributed by atoms with E-state index in [9.17, 15) is 0 Å². The van der Waals surface area contributed by atoms with Crippen molar-refractivity contribution in [3.63, 3.8) is 0 Å². The number of rotatable bonds is 5. The van der Waals surface area contributed by atoms with Crippen molar-refractivity contribution < 1.29 is 0 Å². The highest BCUT2D eigenvalue weighted by atomic mass is 35.5. The summed E-state index contributed by atoms with van der Waals surface area (Å²) in [6.07, 6.45) is 6.43. The Morgan fingerprint density at radius 1 is 1.40 bits per heavy atom. The summed E-state index contributed by atoms with van der Waals surface area (Å²) in [7, 11) is 0. The Morgan fingerprint density at radius 2 is 2.00 bits per heavy atom. The lowest BCUT2D eigenvalue weighted by Gasteiger charge is -2.39. The molecule has 1 nitrogen and oxygen atoms in total. The second kappa shape index (κ2) is 6.10. The van der Waals surface area contributed by atoms with Gasteiger partial charge >= 0.3 is 0 Å². The van der Waals surface area contributed by atoms with Gasteiger partial charge in [0.25, 0.3) is 0 Å². The molecule has 0 heterocycles. The number of hydrogen-bond donors (Lipinski definition) is 1. The number of alkyl halides is 1. The van der Waals surface area contributed by atoms with Crippen molar-refractivity contribution in [2.45, 2.75) is 58.4 Å². The zero-order valence-corrected chi connectivity index (χ0v) is 11.2. The molecule has 1 saturated carbocycles. The van der Waals surface area contributed by atoms with Gasteiger partial charge in [-0.05, 0) is 44.1 Å². The molecule has 1 unspecified atom stereocenters. The maximum Gasteiger partial charge on any atom is 0.0406 e. The first-order chi connectivity index (χ1) is 7.12. The molecule has 1 aliphatic rings. The zero-order valence-electron chi connectivity index (χ0n) is 10.5. The topological polar surface area (TPSA) is 12.0 Å². The van der Waals surface area contributed by atoms with Gasteiger partial charge in [0.05, 0.1) is 0 Å². The van der Waals surface area contributed by atoms with Gasteiger partial charge in [-0.15, -0.1) is 11.6 Å². The van der Waals surface area contributed by atoms with E-state index in [1.165, 1.54) is 32.1 Å². The van der Waals surface area contributed by atoms with Crippen LogP contribution in [0.25, 0.3) is 0 Å². The average molecular weight is 232 g/mol. The van der Waals surface area contributed by atoms with Crippen molar-refractivity contribution in [3.8, 4) is 0 Å². The van der Waals surface area contributed by atoms with Crippen molar-refractivity contribution in [2.75, 3.05) is 12.4 Å². The Labute approximate surface area is 100.0 Å². The van der Waals surface area contributed by atoms with Crippen molar-refractivity contribution in [3.05, 3.63) is 0 Å². The molecule has 2 heteroatoms. The molecular weight excluding hydrogens is 206 g/mol. The third kappa shape index (κ3) is 3.96. The molecule has 0 aromatic rings. The molecule has 1 aliphatic carbocycles. The summed E-state index contributed by atoms with van der Waals surface area (Å²) >= 11 is 6.15. The van der Waals surface area contributed by atoms with Crippen molar-refractivity contribution >= 4 is 11.6 Å². The van der Waals surface area contributed by atoms with Gasteiger partial charge in [-0.2, -0.15) is 0 Å².